The summed E-state index contributed by atoms with van der Waals surface area (Å²) in [6.07, 6.45) is 6.27. The number of hydrazone groups is 1. The van der Waals surface area contributed by atoms with Gasteiger partial charge in [-0.2, -0.15) is 5.10 Å². The fraction of sp³-hybridized carbons (Fsp3) is 0.542. The molecule has 0 saturated carbocycles. The second-order valence-corrected chi connectivity index (χ2v) is 9.50. The topological polar surface area (TPSA) is 101 Å². The molecule has 2 amide bonds. The molecule has 33 heavy (non-hydrogen) atoms. The van der Waals surface area contributed by atoms with Gasteiger partial charge in [-0.15, -0.1) is 0 Å². The van der Waals surface area contributed by atoms with Gasteiger partial charge in [0.2, 0.25) is 0 Å². The Kier molecular flexibility index (Phi) is 6.88. The van der Waals surface area contributed by atoms with Crippen LogP contribution in [0.3, 0.4) is 0 Å². The average molecular weight is 457 g/mol. The maximum atomic E-state index is 13.4. The minimum Gasteiger partial charge on any atom is -0.467 e. The average Bonchev–Trinajstić information content (AvgIpc) is 3.52. The first-order valence-electron chi connectivity index (χ1n) is 11.5. The van der Waals surface area contributed by atoms with E-state index in [0.29, 0.717) is 24.5 Å². The third-order valence-electron chi connectivity index (χ3n) is 5.81. The fourth-order valence-corrected chi connectivity index (χ4v) is 4.30. The maximum Gasteiger partial charge on any atom is 0.407 e. The third-order valence-corrected chi connectivity index (χ3v) is 5.81. The first kappa shape index (κ1) is 23.1. The summed E-state index contributed by atoms with van der Waals surface area (Å²) in [7, 11) is 0. The van der Waals surface area contributed by atoms with Gasteiger partial charge in [0.1, 0.15) is 28.9 Å². The Morgan fingerprint density at radius 1 is 1.18 bits per heavy atom. The monoisotopic (exact) mass is 456 g/mol. The standard InChI is InChI=1S/C24H32N4O5/c1-24(2,3)33-23(30)25-15-17-8-4-5-11-27(17)16-22(29)28-19(21-10-7-13-32-21)14-18(26-28)20-9-6-12-31-20/h6-7,9-10,12-13,17,19H,4-5,8,11,14-16H2,1-3H3,(H,25,30). The number of piperidine rings is 1. The van der Waals surface area contributed by atoms with Gasteiger partial charge in [-0.25, -0.2) is 9.80 Å². The van der Waals surface area contributed by atoms with E-state index in [4.69, 9.17) is 13.6 Å². The predicted octanol–water partition coefficient (Wildman–Crippen LogP) is 3.93. The summed E-state index contributed by atoms with van der Waals surface area (Å²) in [4.78, 5) is 27.6. The summed E-state index contributed by atoms with van der Waals surface area (Å²) in [5.41, 5.74) is 0.170. The van der Waals surface area contributed by atoms with Gasteiger partial charge in [0.05, 0.1) is 19.1 Å². The summed E-state index contributed by atoms with van der Waals surface area (Å²) in [5.74, 6) is 1.23. The number of carbonyl (C=O) groups excluding carboxylic acids is 2. The van der Waals surface area contributed by atoms with Gasteiger partial charge in [0.25, 0.3) is 5.91 Å². The molecule has 1 N–H and O–H groups in total. The number of nitrogens with zero attached hydrogens (tertiary/aromatic N) is 3. The lowest BCUT2D eigenvalue weighted by molar-refractivity contribution is -0.135. The summed E-state index contributed by atoms with van der Waals surface area (Å²) in [5, 5.41) is 8.98. The number of carbonyl (C=O) groups is 2. The molecule has 9 heteroatoms. The Morgan fingerprint density at radius 3 is 2.67 bits per heavy atom. The number of hydrogen-bond donors (Lipinski definition) is 1. The molecular formula is C24H32N4O5. The Balaban J connectivity index is 1.43. The van der Waals surface area contributed by atoms with Crippen LogP contribution < -0.4 is 5.32 Å². The molecule has 2 aliphatic rings. The van der Waals surface area contributed by atoms with E-state index in [0.717, 1.165) is 31.5 Å². The highest BCUT2D eigenvalue weighted by Gasteiger charge is 2.37. The number of likely N-dealkylation sites (tertiary alicyclic amines) is 1. The highest BCUT2D eigenvalue weighted by molar-refractivity contribution is 6.01. The van der Waals surface area contributed by atoms with E-state index >= 15 is 0 Å². The van der Waals surface area contributed by atoms with Crippen LogP contribution in [0.1, 0.15) is 64.0 Å². The van der Waals surface area contributed by atoms with Gasteiger partial charge in [0, 0.05) is 19.0 Å². The van der Waals surface area contributed by atoms with Crippen LogP contribution in [0.2, 0.25) is 0 Å². The number of nitrogens with one attached hydrogen (secondary N) is 1. The first-order chi connectivity index (χ1) is 15.8. The molecule has 2 aliphatic heterocycles. The zero-order chi connectivity index (χ0) is 23.4. The van der Waals surface area contributed by atoms with Crippen LogP contribution in [0.4, 0.5) is 4.79 Å². The first-order valence-corrected chi connectivity index (χ1v) is 11.5. The molecular weight excluding hydrogens is 424 g/mol. The van der Waals surface area contributed by atoms with E-state index in [9.17, 15) is 9.59 Å². The Labute approximate surface area is 193 Å². The van der Waals surface area contributed by atoms with Gasteiger partial charge >= 0.3 is 6.09 Å². The zero-order valence-electron chi connectivity index (χ0n) is 19.5. The Morgan fingerprint density at radius 2 is 1.97 bits per heavy atom. The van der Waals surface area contributed by atoms with Gasteiger partial charge in [0.15, 0.2) is 0 Å². The Bertz CT molecular complexity index is 962. The molecule has 4 rings (SSSR count). The van der Waals surface area contributed by atoms with Crippen molar-refractivity contribution >= 4 is 17.7 Å². The van der Waals surface area contributed by atoms with Crippen LogP contribution in [-0.2, 0) is 9.53 Å². The quantitative estimate of drug-likeness (QED) is 0.707. The van der Waals surface area contributed by atoms with Crippen molar-refractivity contribution < 1.29 is 23.2 Å². The van der Waals surface area contributed by atoms with Crippen molar-refractivity contribution in [3.05, 3.63) is 48.3 Å². The number of amides is 2. The van der Waals surface area contributed by atoms with Crippen LogP contribution in [0.5, 0.6) is 0 Å². The molecule has 4 heterocycles. The smallest absolute Gasteiger partial charge is 0.407 e. The zero-order valence-corrected chi connectivity index (χ0v) is 19.5. The number of ether oxygens (including phenoxy) is 1. The SMILES string of the molecule is CC(C)(C)OC(=O)NCC1CCCCN1CC(=O)N1N=C(c2ccco2)CC1c1ccco1. The molecule has 0 bridgehead atoms. The van der Waals surface area contributed by atoms with Crippen molar-refractivity contribution in [1.82, 2.24) is 15.2 Å². The number of alkyl carbamates (subject to hydrolysis) is 1. The molecule has 1 fully saturated rings. The van der Waals surface area contributed by atoms with Crippen molar-refractivity contribution in [2.45, 2.75) is 64.1 Å². The van der Waals surface area contributed by atoms with E-state index < -0.39 is 11.7 Å². The second kappa shape index (κ2) is 9.82. The van der Waals surface area contributed by atoms with Crippen molar-refractivity contribution in [3.63, 3.8) is 0 Å². The predicted molar refractivity (Wildman–Crippen MR) is 122 cm³/mol. The largest absolute Gasteiger partial charge is 0.467 e. The van der Waals surface area contributed by atoms with Gasteiger partial charge in [-0.3, -0.25) is 9.69 Å². The summed E-state index contributed by atoms with van der Waals surface area (Å²) in [6, 6.07) is 7.07. The highest BCUT2D eigenvalue weighted by Crippen LogP contribution is 2.33. The number of rotatable bonds is 6. The molecule has 1 saturated heterocycles. The van der Waals surface area contributed by atoms with Crippen LogP contribution in [0.25, 0.3) is 0 Å². The lowest BCUT2D eigenvalue weighted by atomic mass is 10.0. The van der Waals surface area contributed by atoms with Crippen molar-refractivity contribution in [2.24, 2.45) is 5.10 Å². The normalized spacial score (nSPS) is 21.7. The van der Waals surface area contributed by atoms with E-state index in [1.807, 2.05) is 39.0 Å². The summed E-state index contributed by atoms with van der Waals surface area (Å²) in [6.45, 7) is 6.95. The maximum absolute atomic E-state index is 13.4. The lowest BCUT2D eigenvalue weighted by Gasteiger charge is -2.36. The van der Waals surface area contributed by atoms with Crippen molar-refractivity contribution in [1.29, 1.82) is 0 Å². The summed E-state index contributed by atoms with van der Waals surface area (Å²) < 4.78 is 16.5. The number of furan rings is 2. The minimum absolute atomic E-state index is 0.0633. The van der Waals surface area contributed by atoms with E-state index in [-0.39, 0.29) is 24.5 Å². The van der Waals surface area contributed by atoms with Crippen molar-refractivity contribution in [3.8, 4) is 0 Å². The lowest BCUT2D eigenvalue weighted by Crippen LogP contribution is -2.50. The Hall–Kier alpha value is -3.07. The molecule has 178 valence electrons. The minimum atomic E-state index is -0.549. The van der Waals surface area contributed by atoms with Crippen molar-refractivity contribution in [2.75, 3.05) is 19.6 Å². The fourth-order valence-electron chi connectivity index (χ4n) is 4.30. The second-order valence-electron chi connectivity index (χ2n) is 9.50. The van der Waals surface area contributed by atoms with Crippen LogP contribution in [-0.4, -0.2) is 58.9 Å². The molecule has 0 spiro atoms. The molecule has 9 nitrogen and oxygen atoms in total. The van der Waals surface area contributed by atoms with Gasteiger partial charge < -0.3 is 18.9 Å². The molecule has 0 aliphatic carbocycles. The molecule has 2 aromatic rings. The molecule has 0 radical (unpaired) electrons. The van der Waals surface area contributed by atoms with Crippen LogP contribution >= 0.6 is 0 Å². The van der Waals surface area contributed by atoms with Gasteiger partial charge in [-0.05, 0) is 64.4 Å². The molecule has 2 aromatic heterocycles. The molecule has 2 unspecified atom stereocenters. The van der Waals surface area contributed by atoms with E-state index in [1.165, 1.54) is 5.01 Å². The summed E-state index contributed by atoms with van der Waals surface area (Å²) >= 11 is 0. The third kappa shape index (κ3) is 5.84. The number of hydrogen-bond acceptors (Lipinski definition) is 7. The van der Waals surface area contributed by atoms with E-state index in [2.05, 4.69) is 15.3 Å². The van der Waals surface area contributed by atoms with Crippen LogP contribution in [0.15, 0.2) is 50.7 Å². The molecule has 2 atom stereocenters. The highest BCUT2D eigenvalue weighted by atomic mass is 16.6. The van der Waals surface area contributed by atoms with E-state index in [1.54, 1.807) is 18.6 Å². The van der Waals surface area contributed by atoms with Gasteiger partial charge in [-0.1, -0.05) is 6.42 Å². The van der Waals surface area contributed by atoms with Crippen LogP contribution in [0, 0.1) is 0 Å². The molecule has 0 aromatic carbocycles.